The van der Waals surface area contributed by atoms with Crippen molar-refractivity contribution in [2.24, 2.45) is 0 Å². The number of para-hydroxylation sites is 1. The molecule has 1 unspecified atom stereocenters. The fourth-order valence-corrected chi connectivity index (χ4v) is 4.11. The van der Waals surface area contributed by atoms with E-state index in [9.17, 15) is 4.79 Å². The van der Waals surface area contributed by atoms with Gasteiger partial charge in [0.2, 0.25) is 5.82 Å². The Bertz CT molecular complexity index is 954. The predicted octanol–water partition coefficient (Wildman–Crippen LogP) is 3.27. The van der Waals surface area contributed by atoms with E-state index in [2.05, 4.69) is 39.4 Å². The summed E-state index contributed by atoms with van der Waals surface area (Å²) in [5.74, 6) is 0.836. The molecule has 30 heavy (non-hydrogen) atoms. The van der Waals surface area contributed by atoms with Crippen molar-refractivity contribution in [1.29, 1.82) is 0 Å². The standard InChI is InChI=1S/C24H29N5O/c1-2-28-17-9-14-21(28)18-25-24(30)23-26-22(16-15-19-10-5-3-6-11-19)29(27-23)20-12-7-4-8-13-20/h3-8,10-13,21H,2,9,14-18H2,1H3,(H,25,30). The highest BCUT2D eigenvalue weighted by molar-refractivity contribution is 5.90. The Morgan fingerprint density at radius 2 is 1.80 bits per heavy atom. The summed E-state index contributed by atoms with van der Waals surface area (Å²) >= 11 is 0. The summed E-state index contributed by atoms with van der Waals surface area (Å²) in [6.45, 7) is 4.95. The number of rotatable bonds is 8. The maximum Gasteiger partial charge on any atom is 0.291 e. The van der Waals surface area contributed by atoms with E-state index in [1.54, 1.807) is 4.68 Å². The van der Waals surface area contributed by atoms with Crippen molar-refractivity contribution in [1.82, 2.24) is 25.0 Å². The predicted molar refractivity (Wildman–Crippen MR) is 118 cm³/mol. The van der Waals surface area contributed by atoms with Crippen LogP contribution in [-0.4, -0.2) is 51.2 Å². The molecule has 2 aromatic carbocycles. The number of hydrogen-bond donors (Lipinski definition) is 1. The maximum atomic E-state index is 12.8. The molecule has 1 fully saturated rings. The van der Waals surface area contributed by atoms with Gasteiger partial charge < -0.3 is 5.32 Å². The van der Waals surface area contributed by atoms with Crippen molar-refractivity contribution >= 4 is 5.91 Å². The highest BCUT2D eigenvalue weighted by Crippen LogP contribution is 2.16. The van der Waals surface area contributed by atoms with Crippen molar-refractivity contribution in [2.45, 2.75) is 38.6 Å². The van der Waals surface area contributed by atoms with Crippen LogP contribution in [0.3, 0.4) is 0 Å². The maximum absolute atomic E-state index is 12.8. The lowest BCUT2D eigenvalue weighted by molar-refractivity contribution is 0.0931. The molecule has 6 heteroatoms. The van der Waals surface area contributed by atoms with Gasteiger partial charge in [-0.15, -0.1) is 5.10 Å². The van der Waals surface area contributed by atoms with Crippen LogP contribution in [0, 0.1) is 0 Å². The first-order chi connectivity index (χ1) is 14.7. The van der Waals surface area contributed by atoms with Gasteiger partial charge in [-0.1, -0.05) is 55.5 Å². The molecule has 1 aliphatic rings. The molecule has 156 valence electrons. The van der Waals surface area contributed by atoms with E-state index in [1.165, 1.54) is 12.0 Å². The Hall–Kier alpha value is -2.99. The summed E-state index contributed by atoms with van der Waals surface area (Å²) in [4.78, 5) is 19.8. The molecule has 6 nitrogen and oxygen atoms in total. The van der Waals surface area contributed by atoms with E-state index in [1.807, 2.05) is 48.5 Å². The minimum atomic E-state index is -0.200. The van der Waals surface area contributed by atoms with Crippen molar-refractivity contribution in [3.8, 4) is 5.69 Å². The third-order valence-corrected chi connectivity index (χ3v) is 5.76. The van der Waals surface area contributed by atoms with Gasteiger partial charge in [0.1, 0.15) is 5.82 Å². The van der Waals surface area contributed by atoms with Gasteiger partial charge in [0.15, 0.2) is 0 Å². The lowest BCUT2D eigenvalue weighted by atomic mass is 10.1. The molecule has 0 aliphatic carbocycles. The van der Waals surface area contributed by atoms with E-state index in [0.717, 1.165) is 37.4 Å². The first-order valence-electron chi connectivity index (χ1n) is 10.8. The molecule has 0 radical (unpaired) electrons. The van der Waals surface area contributed by atoms with Crippen LogP contribution in [0.5, 0.6) is 0 Å². The monoisotopic (exact) mass is 403 g/mol. The van der Waals surface area contributed by atoms with Crippen LogP contribution in [0.15, 0.2) is 60.7 Å². The largest absolute Gasteiger partial charge is 0.348 e. The fourth-order valence-electron chi connectivity index (χ4n) is 4.11. The summed E-state index contributed by atoms with van der Waals surface area (Å²) in [7, 11) is 0. The number of benzene rings is 2. The number of carbonyl (C=O) groups excluding carboxylic acids is 1. The van der Waals surface area contributed by atoms with E-state index in [4.69, 9.17) is 0 Å². The van der Waals surface area contributed by atoms with Crippen LogP contribution in [-0.2, 0) is 12.8 Å². The zero-order valence-electron chi connectivity index (χ0n) is 17.5. The molecular weight excluding hydrogens is 374 g/mol. The van der Waals surface area contributed by atoms with E-state index < -0.39 is 0 Å². The van der Waals surface area contributed by atoms with E-state index in [0.29, 0.717) is 19.0 Å². The molecule has 0 spiro atoms. The molecule has 0 saturated carbocycles. The molecule has 1 N–H and O–H groups in total. The molecule has 1 atom stereocenters. The van der Waals surface area contributed by atoms with Gasteiger partial charge in [-0.25, -0.2) is 9.67 Å². The topological polar surface area (TPSA) is 63.1 Å². The first-order valence-corrected chi connectivity index (χ1v) is 10.8. The average Bonchev–Trinajstić information content (AvgIpc) is 3.44. The fraction of sp³-hybridized carbons (Fsp3) is 0.375. The zero-order chi connectivity index (χ0) is 20.8. The summed E-state index contributed by atoms with van der Waals surface area (Å²) in [5.41, 5.74) is 2.16. The Morgan fingerprint density at radius 3 is 2.53 bits per heavy atom. The quantitative estimate of drug-likeness (QED) is 0.627. The van der Waals surface area contributed by atoms with Crippen molar-refractivity contribution in [2.75, 3.05) is 19.6 Å². The molecule has 1 amide bonds. The second-order valence-electron chi connectivity index (χ2n) is 7.72. The molecular formula is C24H29N5O. The number of carbonyl (C=O) groups is 1. The van der Waals surface area contributed by atoms with Crippen molar-refractivity contribution in [3.63, 3.8) is 0 Å². The zero-order valence-corrected chi connectivity index (χ0v) is 17.5. The second-order valence-corrected chi connectivity index (χ2v) is 7.72. The van der Waals surface area contributed by atoms with Crippen LogP contribution in [0.4, 0.5) is 0 Å². The van der Waals surface area contributed by atoms with E-state index >= 15 is 0 Å². The molecule has 1 saturated heterocycles. The van der Waals surface area contributed by atoms with Crippen LogP contribution in [0.2, 0.25) is 0 Å². The summed E-state index contributed by atoms with van der Waals surface area (Å²) in [5, 5.41) is 7.61. The number of likely N-dealkylation sites (tertiary alicyclic amines) is 1. The van der Waals surface area contributed by atoms with Crippen LogP contribution in [0.1, 0.15) is 41.8 Å². The van der Waals surface area contributed by atoms with Gasteiger partial charge in [-0.3, -0.25) is 9.69 Å². The van der Waals surface area contributed by atoms with Gasteiger partial charge in [0.05, 0.1) is 5.69 Å². The van der Waals surface area contributed by atoms with Crippen LogP contribution >= 0.6 is 0 Å². The first kappa shape index (κ1) is 20.3. The Morgan fingerprint density at radius 1 is 1.07 bits per heavy atom. The SMILES string of the molecule is CCN1CCCC1CNC(=O)c1nc(CCc2ccccc2)n(-c2ccccc2)n1. The minimum absolute atomic E-state index is 0.200. The number of likely N-dealkylation sites (N-methyl/N-ethyl adjacent to an activating group) is 1. The van der Waals surface area contributed by atoms with Crippen molar-refractivity contribution in [3.05, 3.63) is 77.9 Å². The number of nitrogens with one attached hydrogen (secondary N) is 1. The van der Waals surface area contributed by atoms with Gasteiger partial charge in [-0.05, 0) is 50.0 Å². The number of aryl methyl sites for hydroxylation is 2. The van der Waals surface area contributed by atoms with Crippen LogP contribution < -0.4 is 5.32 Å². The molecule has 2 heterocycles. The molecule has 3 aromatic rings. The van der Waals surface area contributed by atoms with E-state index in [-0.39, 0.29) is 11.7 Å². The minimum Gasteiger partial charge on any atom is -0.348 e. The molecule has 4 rings (SSSR count). The number of amides is 1. The van der Waals surface area contributed by atoms with Crippen LogP contribution in [0.25, 0.3) is 5.69 Å². The average molecular weight is 404 g/mol. The smallest absolute Gasteiger partial charge is 0.291 e. The van der Waals surface area contributed by atoms with Gasteiger partial charge in [0, 0.05) is 19.0 Å². The molecule has 1 aromatic heterocycles. The Kier molecular flexibility index (Phi) is 6.54. The van der Waals surface area contributed by atoms with Crippen molar-refractivity contribution < 1.29 is 4.79 Å². The van der Waals surface area contributed by atoms with Gasteiger partial charge in [0.25, 0.3) is 5.91 Å². The summed E-state index contributed by atoms with van der Waals surface area (Å²) < 4.78 is 1.80. The second kappa shape index (κ2) is 9.67. The van der Waals surface area contributed by atoms with Gasteiger partial charge in [-0.2, -0.15) is 0 Å². The normalized spacial score (nSPS) is 16.6. The Labute approximate surface area is 177 Å². The molecule has 1 aliphatic heterocycles. The van der Waals surface area contributed by atoms with Gasteiger partial charge >= 0.3 is 0 Å². The number of nitrogens with zero attached hydrogens (tertiary/aromatic N) is 4. The third-order valence-electron chi connectivity index (χ3n) is 5.76. The lowest BCUT2D eigenvalue weighted by Gasteiger charge is -2.22. The number of aromatic nitrogens is 3. The highest BCUT2D eigenvalue weighted by atomic mass is 16.2. The lowest BCUT2D eigenvalue weighted by Crippen LogP contribution is -2.40. The Balaban J connectivity index is 1.50. The summed E-state index contributed by atoms with van der Waals surface area (Å²) in [6, 6.07) is 20.6. The molecule has 0 bridgehead atoms. The highest BCUT2D eigenvalue weighted by Gasteiger charge is 2.24. The third kappa shape index (κ3) is 4.76. The summed E-state index contributed by atoms with van der Waals surface area (Å²) in [6.07, 6.45) is 3.88. The number of hydrogen-bond acceptors (Lipinski definition) is 4.